The van der Waals surface area contributed by atoms with Crippen molar-refractivity contribution in [1.29, 1.82) is 0 Å². The Hall–Kier alpha value is -1.96. The Labute approximate surface area is 124 Å². The highest BCUT2D eigenvalue weighted by Gasteiger charge is 2.20. The quantitative estimate of drug-likeness (QED) is 0.505. The van der Waals surface area contributed by atoms with E-state index in [0.29, 0.717) is 19.1 Å². The zero-order chi connectivity index (χ0) is 15.7. The molecule has 2 N–H and O–H groups in total. The van der Waals surface area contributed by atoms with Crippen LogP contribution >= 0.6 is 0 Å². The molecule has 0 aliphatic carbocycles. The van der Waals surface area contributed by atoms with Gasteiger partial charge in [0.25, 0.3) is 0 Å². The molecule has 1 aromatic heterocycles. The van der Waals surface area contributed by atoms with Gasteiger partial charge in [0, 0.05) is 13.7 Å². The summed E-state index contributed by atoms with van der Waals surface area (Å²) >= 11 is 0. The van der Waals surface area contributed by atoms with E-state index in [-0.39, 0.29) is 17.5 Å². The van der Waals surface area contributed by atoms with Crippen molar-refractivity contribution in [3.05, 3.63) is 16.3 Å². The largest absolute Gasteiger partial charge is 0.383 e. The van der Waals surface area contributed by atoms with Gasteiger partial charge in [-0.15, -0.1) is 0 Å². The summed E-state index contributed by atoms with van der Waals surface area (Å²) in [7, 11) is 1.60. The maximum atomic E-state index is 11.1. The van der Waals surface area contributed by atoms with Crippen molar-refractivity contribution in [2.45, 2.75) is 39.2 Å². The fourth-order valence-electron chi connectivity index (χ4n) is 1.88. The van der Waals surface area contributed by atoms with Gasteiger partial charge in [-0.05, 0) is 12.8 Å². The molecule has 0 fully saturated rings. The van der Waals surface area contributed by atoms with Gasteiger partial charge in [0.15, 0.2) is 0 Å². The first-order valence-electron chi connectivity index (χ1n) is 7.13. The van der Waals surface area contributed by atoms with Crippen LogP contribution < -0.4 is 10.6 Å². The van der Waals surface area contributed by atoms with E-state index in [4.69, 9.17) is 4.74 Å². The first-order chi connectivity index (χ1) is 10.1. The van der Waals surface area contributed by atoms with Crippen LogP contribution in [0.1, 0.15) is 33.1 Å². The van der Waals surface area contributed by atoms with E-state index in [0.717, 1.165) is 19.3 Å². The van der Waals surface area contributed by atoms with Crippen LogP contribution in [-0.4, -0.2) is 41.2 Å². The maximum Gasteiger partial charge on any atom is 0.329 e. The third-order valence-electron chi connectivity index (χ3n) is 2.85. The lowest BCUT2D eigenvalue weighted by molar-refractivity contribution is -0.384. The molecule has 21 heavy (non-hydrogen) atoms. The van der Waals surface area contributed by atoms with Crippen molar-refractivity contribution in [3.63, 3.8) is 0 Å². The van der Waals surface area contributed by atoms with E-state index in [9.17, 15) is 10.1 Å². The normalized spacial score (nSPS) is 12.0. The molecule has 0 spiro atoms. The van der Waals surface area contributed by atoms with Crippen LogP contribution in [0.3, 0.4) is 0 Å². The summed E-state index contributed by atoms with van der Waals surface area (Å²) in [5.74, 6) is 0.613. The summed E-state index contributed by atoms with van der Waals surface area (Å²) in [6.45, 7) is 5.25. The van der Waals surface area contributed by atoms with Crippen molar-refractivity contribution < 1.29 is 9.66 Å². The second-order valence-corrected chi connectivity index (χ2v) is 4.70. The van der Waals surface area contributed by atoms with Crippen LogP contribution in [0.2, 0.25) is 0 Å². The van der Waals surface area contributed by atoms with E-state index in [1.165, 1.54) is 6.20 Å². The lowest BCUT2D eigenvalue weighted by atomic mass is 10.2. The SMILES string of the molecule is CCCNc1ncc([N+](=O)[O-])c(NC(CCC)COC)n1. The number of aromatic nitrogens is 2. The molecule has 8 heteroatoms. The van der Waals surface area contributed by atoms with Crippen molar-refractivity contribution in [1.82, 2.24) is 9.97 Å². The van der Waals surface area contributed by atoms with E-state index in [1.807, 2.05) is 13.8 Å². The molecule has 1 aromatic rings. The zero-order valence-corrected chi connectivity index (χ0v) is 12.8. The van der Waals surface area contributed by atoms with Crippen LogP contribution in [0.4, 0.5) is 17.5 Å². The van der Waals surface area contributed by atoms with Gasteiger partial charge in [0.05, 0.1) is 17.6 Å². The molecule has 118 valence electrons. The average molecular weight is 297 g/mol. The van der Waals surface area contributed by atoms with Crippen LogP contribution in [0.5, 0.6) is 0 Å². The van der Waals surface area contributed by atoms with Crippen LogP contribution in [0.15, 0.2) is 6.20 Å². The number of nitrogens with one attached hydrogen (secondary N) is 2. The lowest BCUT2D eigenvalue weighted by Crippen LogP contribution is -2.26. The monoisotopic (exact) mass is 297 g/mol. The Bertz CT molecular complexity index is 449. The number of ether oxygens (including phenoxy) is 1. The minimum atomic E-state index is -0.484. The summed E-state index contributed by atoms with van der Waals surface area (Å²) in [6, 6.07) is -0.0207. The number of anilines is 2. The minimum Gasteiger partial charge on any atom is -0.383 e. The number of hydrogen-bond donors (Lipinski definition) is 2. The van der Waals surface area contributed by atoms with E-state index in [1.54, 1.807) is 7.11 Å². The van der Waals surface area contributed by atoms with Crippen molar-refractivity contribution in [2.75, 3.05) is 30.9 Å². The molecule has 1 atom stereocenters. The Balaban J connectivity index is 2.95. The summed E-state index contributed by atoms with van der Waals surface area (Å²) in [4.78, 5) is 18.8. The highest BCUT2D eigenvalue weighted by Crippen LogP contribution is 2.23. The second kappa shape index (κ2) is 9.06. The molecule has 0 aliphatic heterocycles. The number of methoxy groups -OCH3 is 1. The fraction of sp³-hybridized carbons (Fsp3) is 0.692. The predicted molar refractivity (Wildman–Crippen MR) is 81.7 cm³/mol. The van der Waals surface area contributed by atoms with Crippen LogP contribution in [0, 0.1) is 10.1 Å². The molecule has 1 rings (SSSR count). The Kier molecular flexibility index (Phi) is 7.38. The Morgan fingerprint density at radius 2 is 2.19 bits per heavy atom. The van der Waals surface area contributed by atoms with Gasteiger partial charge >= 0.3 is 5.69 Å². The molecule has 0 radical (unpaired) electrons. The molecule has 0 aliphatic rings. The smallest absolute Gasteiger partial charge is 0.329 e. The summed E-state index contributed by atoms with van der Waals surface area (Å²) in [6.07, 6.45) is 3.93. The highest BCUT2D eigenvalue weighted by molar-refractivity contribution is 5.57. The molecule has 1 heterocycles. The summed E-state index contributed by atoms with van der Waals surface area (Å²) in [5.41, 5.74) is -0.130. The molecule has 0 aromatic carbocycles. The second-order valence-electron chi connectivity index (χ2n) is 4.70. The minimum absolute atomic E-state index is 0.0207. The van der Waals surface area contributed by atoms with Crippen molar-refractivity contribution >= 4 is 17.5 Å². The van der Waals surface area contributed by atoms with Gasteiger partial charge in [0.1, 0.15) is 6.20 Å². The van der Waals surface area contributed by atoms with E-state index in [2.05, 4.69) is 20.6 Å². The first-order valence-corrected chi connectivity index (χ1v) is 7.13. The number of nitro groups is 1. The molecule has 0 saturated carbocycles. The summed E-state index contributed by atoms with van der Waals surface area (Å²) in [5, 5.41) is 17.2. The molecular weight excluding hydrogens is 274 g/mol. The zero-order valence-electron chi connectivity index (χ0n) is 12.8. The molecule has 0 amide bonds. The topological polar surface area (TPSA) is 102 Å². The summed E-state index contributed by atoms with van der Waals surface area (Å²) < 4.78 is 5.13. The van der Waals surface area contributed by atoms with Crippen molar-refractivity contribution in [2.24, 2.45) is 0 Å². The highest BCUT2D eigenvalue weighted by atomic mass is 16.6. The first kappa shape index (κ1) is 17.1. The molecule has 1 unspecified atom stereocenters. The van der Waals surface area contributed by atoms with E-state index < -0.39 is 4.92 Å². The van der Waals surface area contributed by atoms with Gasteiger partial charge < -0.3 is 15.4 Å². The fourth-order valence-corrected chi connectivity index (χ4v) is 1.88. The molecule has 0 saturated heterocycles. The molecule has 0 bridgehead atoms. The third-order valence-corrected chi connectivity index (χ3v) is 2.85. The van der Waals surface area contributed by atoms with Gasteiger partial charge in [0.2, 0.25) is 11.8 Å². The number of nitrogens with zero attached hydrogens (tertiary/aromatic N) is 3. The Morgan fingerprint density at radius 1 is 1.43 bits per heavy atom. The number of hydrogen-bond acceptors (Lipinski definition) is 7. The van der Waals surface area contributed by atoms with Gasteiger partial charge in [-0.2, -0.15) is 4.98 Å². The van der Waals surface area contributed by atoms with Gasteiger partial charge in [-0.25, -0.2) is 4.98 Å². The maximum absolute atomic E-state index is 11.1. The Morgan fingerprint density at radius 3 is 2.76 bits per heavy atom. The lowest BCUT2D eigenvalue weighted by Gasteiger charge is -2.18. The van der Waals surface area contributed by atoms with E-state index >= 15 is 0 Å². The van der Waals surface area contributed by atoms with Crippen LogP contribution in [-0.2, 0) is 4.74 Å². The van der Waals surface area contributed by atoms with Crippen molar-refractivity contribution in [3.8, 4) is 0 Å². The molecule has 8 nitrogen and oxygen atoms in total. The standard InChI is InChI=1S/C13H23N5O3/c1-4-6-10(9-21-3)16-12-11(18(19)20)8-15-13(17-12)14-7-5-2/h8,10H,4-7,9H2,1-3H3,(H2,14,15,16,17). The molecular formula is C13H23N5O3. The predicted octanol–water partition coefficient (Wildman–Crippen LogP) is 2.43. The third kappa shape index (κ3) is 5.50. The van der Waals surface area contributed by atoms with Gasteiger partial charge in [-0.1, -0.05) is 20.3 Å². The van der Waals surface area contributed by atoms with Gasteiger partial charge in [-0.3, -0.25) is 10.1 Å². The number of rotatable bonds is 10. The van der Waals surface area contributed by atoms with Crippen LogP contribution in [0.25, 0.3) is 0 Å². The average Bonchev–Trinajstić information content (AvgIpc) is 2.45.